The number of amides is 1. The van der Waals surface area contributed by atoms with Crippen LogP contribution in [0.5, 0.6) is 0 Å². The maximum absolute atomic E-state index is 11.9. The second-order valence-electron chi connectivity index (χ2n) is 7.30. The van der Waals surface area contributed by atoms with E-state index in [4.69, 9.17) is 4.74 Å². The second kappa shape index (κ2) is 8.38. The molecule has 1 aliphatic heterocycles. The zero-order chi connectivity index (χ0) is 17.6. The van der Waals surface area contributed by atoms with Crippen molar-refractivity contribution in [2.75, 3.05) is 40.3 Å². The van der Waals surface area contributed by atoms with Gasteiger partial charge in [-0.1, -0.05) is 0 Å². The van der Waals surface area contributed by atoms with E-state index in [1.807, 2.05) is 20.8 Å². The summed E-state index contributed by atoms with van der Waals surface area (Å²) >= 11 is 0. The third-order valence-electron chi connectivity index (χ3n) is 3.74. The zero-order valence-electron chi connectivity index (χ0n) is 15.6. The summed E-state index contributed by atoms with van der Waals surface area (Å²) in [5.74, 6) is 0.774. The Labute approximate surface area is 140 Å². The summed E-state index contributed by atoms with van der Waals surface area (Å²) in [4.78, 5) is 20.1. The first kappa shape index (κ1) is 19.5. The van der Waals surface area contributed by atoms with E-state index in [1.54, 1.807) is 11.9 Å². The molecule has 1 aliphatic rings. The molecule has 23 heavy (non-hydrogen) atoms. The van der Waals surface area contributed by atoms with E-state index < -0.39 is 5.60 Å². The summed E-state index contributed by atoms with van der Waals surface area (Å²) in [5.41, 5.74) is -0.449. The molecule has 1 rings (SSSR count). The smallest absolute Gasteiger partial charge is 0.410 e. The van der Waals surface area contributed by atoms with Crippen molar-refractivity contribution in [1.82, 2.24) is 20.4 Å². The van der Waals surface area contributed by atoms with Crippen LogP contribution in [0, 0.1) is 0 Å². The summed E-state index contributed by atoms with van der Waals surface area (Å²) in [6, 6.07) is 0.748. The van der Waals surface area contributed by atoms with Crippen LogP contribution in [-0.4, -0.2) is 79.8 Å². The van der Waals surface area contributed by atoms with Crippen molar-refractivity contribution in [2.45, 2.75) is 52.3 Å². The first-order chi connectivity index (χ1) is 10.6. The molecule has 2 N–H and O–H groups in total. The van der Waals surface area contributed by atoms with Crippen LogP contribution in [0.4, 0.5) is 4.79 Å². The number of aliphatic imine (C=N–C) groups is 1. The molecule has 7 heteroatoms. The van der Waals surface area contributed by atoms with Gasteiger partial charge in [0, 0.05) is 39.3 Å². The largest absolute Gasteiger partial charge is 0.444 e. The van der Waals surface area contributed by atoms with Gasteiger partial charge in [-0.15, -0.1) is 0 Å². The number of carbonyl (C=O) groups excluding carboxylic acids is 1. The average molecular weight is 327 g/mol. The van der Waals surface area contributed by atoms with E-state index in [0.29, 0.717) is 19.1 Å². The fourth-order valence-electron chi connectivity index (χ4n) is 2.04. The summed E-state index contributed by atoms with van der Waals surface area (Å²) in [7, 11) is 3.86. The normalized spacial score (nSPS) is 16.6. The lowest BCUT2D eigenvalue weighted by Crippen LogP contribution is -2.63. The Morgan fingerprint density at radius 3 is 2.48 bits per heavy atom. The van der Waals surface area contributed by atoms with Crippen LogP contribution < -0.4 is 10.6 Å². The topological polar surface area (TPSA) is 69.2 Å². The lowest BCUT2D eigenvalue weighted by Gasteiger charge is -2.40. The molecule has 1 saturated heterocycles. The molecule has 0 aromatic rings. The van der Waals surface area contributed by atoms with Gasteiger partial charge in [0.1, 0.15) is 5.60 Å². The third kappa shape index (κ3) is 7.07. The highest BCUT2D eigenvalue weighted by Crippen LogP contribution is 2.15. The fourth-order valence-corrected chi connectivity index (χ4v) is 2.04. The maximum Gasteiger partial charge on any atom is 0.410 e. The van der Waals surface area contributed by atoms with Crippen LogP contribution in [0.1, 0.15) is 34.6 Å². The Morgan fingerprint density at radius 1 is 1.39 bits per heavy atom. The number of nitrogens with zero attached hydrogens (tertiary/aromatic N) is 3. The predicted octanol–water partition coefficient (Wildman–Crippen LogP) is 1.11. The van der Waals surface area contributed by atoms with E-state index in [0.717, 1.165) is 19.0 Å². The number of hydrogen-bond acceptors (Lipinski definition) is 4. The van der Waals surface area contributed by atoms with E-state index in [9.17, 15) is 4.79 Å². The van der Waals surface area contributed by atoms with Gasteiger partial charge in [-0.05, 0) is 41.7 Å². The molecular formula is C16H33N5O2. The molecule has 0 unspecified atom stereocenters. The van der Waals surface area contributed by atoms with E-state index >= 15 is 0 Å². The molecule has 0 atom stereocenters. The number of rotatable bonds is 5. The van der Waals surface area contributed by atoms with Crippen molar-refractivity contribution in [3.8, 4) is 0 Å². The molecule has 134 valence electrons. The van der Waals surface area contributed by atoms with Gasteiger partial charge >= 0.3 is 6.09 Å². The predicted molar refractivity (Wildman–Crippen MR) is 93.9 cm³/mol. The zero-order valence-corrected chi connectivity index (χ0v) is 15.6. The number of likely N-dealkylation sites (N-methyl/N-ethyl adjacent to an activating group) is 1. The lowest BCUT2D eigenvalue weighted by atomic mass is 10.1. The van der Waals surface area contributed by atoms with Crippen molar-refractivity contribution < 1.29 is 9.53 Å². The summed E-state index contributed by atoms with van der Waals surface area (Å²) < 4.78 is 5.34. The van der Waals surface area contributed by atoms with Gasteiger partial charge in [-0.2, -0.15) is 0 Å². The van der Waals surface area contributed by atoms with Crippen molar-refractivity contribution >= 4 is 12.1 Å². The number of carbonyl (C=O) groups is 1. The molecule has 0 aromatic heterocycles. The summed E-state index contributed by atoms with van der Waals surface area (Å²) in [6.45, 7) is 13.0. The standard InChI is InChI=1S/C16H33N5O2/c1-12(2)20(7)9-8-18-14(17-6)19-13-10-21(11-13)15(22)23-16(3,4)5/h12-13H,8-11H2,1-7H3,(H2,17,18,19). The van der Waals surface area contributed by atoms with Gasteiger partial charge in [0.25, 0.3) is 0 Å². The maximum atomic E-state index is 11.9. The molecule has 7 nitrogen and oxygen atoms in total. The second-order valence-corrected chi connectivity index (χ2v) is 7.30. The van der Waals surface area contributed by atoms with Crippen LogP contribution in [0.25, 0.3) is 0 Å². The van der Waals surface area contributed by atoms with Gasteiger partial charge in [-0.25, -0.2) is 4.79 Å². The Bertz CT molecular complexity index is 411. The summed E-state index contributed by atoms with van der Waals surface area (Å²) in [6.07, 6.45) is -0.253. The number of guanidine groups is 1. The first-order valence-electron chi connectivity index (χ1n) is 8.27. The lowest BCUT2D eigenvalue weighted by molar-refractivity contribution is 0.00701. The number of ether oxygens (including phenoxy) is 1. The average Bonchev–Trinajstić information content (AvgIpc) is 2.37. The van der Waals surface area contributed by atoms with Gasteiger partial charge in [0.2, 0.25) is 0 Å². The van der Waals surface area contributed by atoms with Crippen molar-refractivity contribution in [3.05, 3.63) is 0 Å². The number of nitrogens with one attached hydrogen (secondary N) is 2. The number of hydrogen-bond donors (Lipinski definition) is 2. The highest BCUT2D eigenvalue weighted by Gasteiger charge is 2.34. The third-order valence-corrected chi connectivity index (χ3v) is 3.74. The molecular weight excluding hydrogens is 294 g/mol. The van der Waals surface area contributed by atoms with Crippen LogP contribution in [-0.2, 0) is 4.74 Å². The molecule has 1 heterocycles. The molecule has 0 aromatic carbocycles. The molecule has 0 radical (unpaired) electrons. The van der Waals surface area contributed by atoms with Crippen LogP contribution in [0.2, 0.25) is 0 Å². The fraction of sp³-hybridized carbons (Fsp3) is 0.875. The minimum absolute atomic E-state index is 0.219. The van der Waals surface area contributed by atoms with Gasteiger partial charge in [0.15, 0.2) is 5.96 Å². The van der Waals surface area contributed by atoms with Crippen molar-refractivity contribution in [2.24, 2.45) is 4.99 Å². The Hall–Kier alpha value is -1.50. The molecule has 0 aliphatic carbocycles. The molecule has 0 spiro atoms. The minimum atomic E-state index is -0.449. The van der Waals surface area contributed by atoms with Crippen LogP contribution >= 0.6 is 0 Å². The van der Waals surface area contributed by atoms with E-state index in [2.05, 4.69) is 41.4 Å². The van der Waals surface area contributed by atoms with Gasteiger partial charge in [-0.3, -0.25) is 4.99 Å². The highest BCUT2D eigenvalue weighted by molar-refractivity contribution is 5.80. The van der Waals surface area contributed by atoms with Gasteiger partial charge in [0.05, 0.1) is 6.04 Å². The monoisotopic (exact) mass is 327 g/mol. The minimum Gasteiger partial charge on any atom is -0.444 e. The van der Waals surface area contributed by atoms with Crippen molar-refractivity contribution in [3.63, 3.8) is 0 Å². The first-order valence-corrected chi connectivity index (χ1v) is 8.27. The van der Waals surface area contributed by atoms with Crippen LogP contribution in [0.15, 0.2) is 4.99 Å². The molecule has 1 fully saturated rings. The van der Waals surface area contributed by atoms with Crippen LogP contribution in [0.3, 0.4) is 0 Å². The van der Waals surface area contributed by atoms with Gasteiger partial charge < -0.3 is 25.2 Å². The molecule has 0 saturated carbocycles. The SMILES string of the molecule is CN=C(NCCN(C)C(C)C)NC1CN(C(=O)OC(C)(C)C)C1. The Balaban J connectivity index is 2.25. The van der Waals surface area contributed by atoms with E-state index in [1.165, 1.54) is 0 Å². The quantitative estimate of drug-likeness (QED) is 0.585. The molecule has 0 bridgehead atoms. The highest BCUT2D eigenvalue weighted by atomic mass is 16.6. The summed E-state index contributed by atoms with van der Waals surface area (Å²) in [5, 5.41) is 6.62. The Kier molecular flexibility index (Phi) is 7.12. The van der Waals surface area contributed by atoms with E-state index in [-0.39, 0.29) is 12.1 Å². The Morgan fingerprint density at radius 2 is 2.00 bits per heavy atom. The molecule has 1 amide bonds. The number of likely N-dealkylation sites (tertiary alicyclic amines) is 1. The van der Waals surface area contributed by atoms with Crippen molar-refractivity contribution in [1.29, 1.82) is 0 Å².